The van der Waals surface area contributed by atoms with Crippen LogP contribution in [0.2, 0.25) is 0 Å². The summed E-state index contributed by atoms with van der Waals surface area (Å²) in [5, 5.41) is 2.40. The van der Waals surface area contributed by atoms with Gasteiger partial charge in [-0.15, -0.1) is 11.8 Å². The van der Waals surface area contributed by atoms with E-state index in [1.165, 1.54) is 23.9 Å². The number of benzene rings is 1. The van der Waals surface area contributed by atoms with Crippen molar-refractivity contribution in [2.24, 2.45) is 0 Å². The van der Waals surface area contributed by atoms with Crippen LogP contribution in [0.3, 0.4) is 0 Å². The van der Waals surface area contributed by atoms with Crippen molar-refractivity contribution in [3.8, 4) is 0 Å². The van der Waals surface area contributed by atoms with Crippen LogP contribution >= 0.6 is 11.8 Å². The van der Waals surface area contributed by atoms with Gasteiger partial charge in [-0.25, -0.2) is 4.39 Å². The van der Waals surface area contributed by atoms with Crippen LogP contribution in [0.25, 0.3) is 0 Å². The second kappa shape index (κ2) is 9.04. The van der Waals surface area contributed by atoms with Crippen LogP contribution in [-0.4, -0.2) is 29.5 Å². The van der Waals surface area contributed by atoms with E-state index < -0.39 is 17.7 Å². The van der Waals surface area contributed by atoms with Crippen LogP contribution < -0.4 is 16.2 Å². The molecule has 1 aromatic carbocycles. The zero-order valence-electron chi connectivity index (χ0n) is 12.3. The number of carbonyl (C=O) groups excluding carboxylic acids is 3. The normalized spacial score (nSPS) is 10.2. The van der Waals surface area contributed by atoms with Crippen LogP contribution in [0, 0.1) is 5.82 Å². The quantitative estimate of drug-likeness (QED) is 0.427. The van der Waals surface area contributed by atoms with E-state index >= 15 is 0 Å². The fourth-order valence-electron chi connectivity index (χ4n) is 1.37. The van der Waals surface area contributed by atoms with E-state index in [1.54, 1.807) is 26.0 Å². The van der Waals surface area contributed by atoms with E-state index in [9.17, 15) is 18.8 Å². The van der Waals surface area contributed by atoms with Gasteiger partial charge in [-0.2, -0.15) is 0 Å². The van der Waals surface area contributed by atoms with Crippen molar-refractivity contribution in [1.82, 2.24) is 16.2 Å². The van der Waals surface area contributed by atoms with Crippen molar-refractivity contribution in [3.05, 3.63) is 30.1 Å². The lowest BCUT2D eigenvalue weighted by atomic mass is 10.4. The summed E-state index contributed by atoms with van der Waals surface area (Å²) in [5.74, 6) is -2.00. The summed E-state index contributed by atoms with van der Waals surface area (Å²) in [6.07, 6.45) is 0.147. The number of rotatable bonds is 5. The molecule has 1 rings (SSSR count). The number of halogens is 1. The van der Waals surface area contributed by atoms with Crippen molar-refractivity contribution in [3.63, 3.8) is 0 Å². The molecular formula is C14H18FN3O3S. The third-order valence-electron chi connectivity index (χ3n) is 2.35. The van der Waals surface area contributed by atoms with E-state index in [1.807, 2.05) is 5.43 Å². The number of hydrazine groups is 1. The van der Waals surface area contributed by atoms with Crippen molar-refractivity contribution >= 4 is 29.5 Å². The molecule has 0 fully saturated rings. The molecule has 3 N–H and O–H groups in total. The first-order valence-electron chi connectivity index (χ1n) is 6.66. The van der Waals surface area contributed by atoms with E-state index in [2.05, 4.69) is 10.7 Å². The minimum atomic E-state index is -0.923. The topological polar surface area (TPSA) is 87.3 Å². The van der Waals surface area contributed by atoms with Crippen LogP contribution in [0.15, 0.2) is 29.2 Å². The Kier molecular flexibility index (Phi) is 7.38. The summed E-state index contributed by atoms with van der Waals surface area (Å²) in [5.41, 5.74) is 4.19. The molecule has 120 valence electrons. The Morgan fingerprint density at radius 2 is 1.73 bits per heavy atom. The van der Waals surface area contributed by atoms with Crippen molar-refractivity contribution < 1.29 is 18.8 Å². The maximum atomic E-state index is 12.7. The van der Waals surface area contributed by atoms with Crippen LogP contribution in [0.4, 0.5) is 4.39 Å². The van der Waals surface area contributed by atoms with Crippen molar-refractivity contribution in [2.45, 2.75) is 31.2 Å². The molecule has 3 amide bonds. The van der Waals surface area contributed by atoms with Gasteiger partial charge in [0.05, 0.1) is 0 Å². The second-order valence-electron chi connectivity index (χ2n) is 4.68. The average molecular weight is 327 g/mol. The molecule has 6 nitrogen and oxygen atoms in total. The van der Waals surface area contributed by atoms with E-state index in [0.29, 0.717) is 5.75 Å². The minimum Gasteiger partial charge on any atom is -0.346 e. The number of thioether (sulfide) groups is 1. The average Bonchev–Trinajstić information content (AvgIpc) is 2.46. The van der Waals surface area contributed by atoms with Crippen LogP contribution in [0.1, 0.15) is 20.3 Å². The molecule has 1 aromatic rings. The Balaban J connectivity index is 2.22. The highest BCUT2D eigenvalue weighted by atomic mass is 32.2. The summed E-state index contributed by atoms with van der Waals surface area (Å²) < 4.78 is 12.7. The first-order valence-corrected chi connectivity index (χ1v) is 7.65. The maximum Gasteiger partial charge on any atom is 0.327 e. The summed E-state index contributed by atoms with van der Waals surface area (Å²) >= 11 is 1.39. The number of hydrogen-bond donors (Lipinski definition) is 3. The molecule has 0 spiro atoms. The van der Waals surface area contributed by atoms with Crippen LogP contribution in [0.5, 0.6) is 0 Å². The molecule has 22 heavy (non-hydrogen) atoms. The summed E-state index contributed by atoms with van der Waals surface area (Å²) in [4.78, 5) is 35.0. The highest BCUT2D eigenvalue weighted by Gasteiger charge is 2.14. The SMILES string of the molecule is CC(C)NC(=O)C(=O)NNC(=O)CCSc1ccc(F)cc1. The molecule has 0 aliphatic rings. The van der Waals surface area contributed by atoms with Gasteiger partial charge in [0.2, 0.25) is 5.91 Å². The Labute approximate surface area is 132 Å². The highest BCUT2D eigenvalue weighted by Crippen LogP contribution is 2.18. The predicted octanol–water partition coefficient (Wildman–Crippen LogP) is 0.980. The Morgan fingerprint density at radius 1 is 1.09 bits per heavy atom. The van der Waals surface area contributed by atoms with E-state index in [4.69, 9.17) is 0 Å². The Bertz CT molecular complexity index is 535. The van der Waals surface area contributed by atoms with Gasteiger partial charge < -0.3 is 5.32 Å². The van der Waals surface area contributed by atoms with Gasteiger partial charge in [-0.3, -0.25) is 25.2 Å². The number of carbonyl (C=O) groups is 3. The van der Waals surface area contributed by atoms with Crippen LogP contribution in [-0.2, 0) is 14.4 Å². The lowest BCUT2D eigenvalue weighted by Crippen LogP contribution is -2.49. The lowest BCUT2D eigenvalue weighted by Gasteiger charge is -2.09. The third kappa shape index (κ3) is 7.07. The lowest BCUT2D eigenvalue weighted by molar-refractivity contribution is -0.141. The second-order valence-corrected chi connectivity index (χ2v) is 5.85. The zero-order chi connectivity index (χ0) is 16.5. The van der Waals surface area contributed by atoms with E-state index in [0.717, 1.165) is 4.90 Å². The number of amides is 3. The molecule has 0 radical (unpaired) electrons. The van der Waals surface area contributed by atoms with Gasteiger partial charge in [-0.1, -0.05) is 0 Å². The number of hydrogen-bond acceptors (Lipinski definition) is 4. The van der Waals surface area contributed by atoms with Gasteiger partial charge in [-0.05, 0) is 38.1 Å². The van der Waals surface area contributed by atoms with Gasteiger partial charge in [0.1, 0.15) is 5.82 Å². The summed E-state index contributed by atoms with van der Waals surface area (Å²) in [7, 11) is 0. The molecule has 8 heteroatoms. The summed E-state index contributed by atoms with van der Waals surface area (Å²) in [6.45, 7) is 3.44. The smallest absolute Gasteiger partial charge is 0.327 e. The molecule has 0 saturated carbocycles. The van der Waals surface area contributed by atoms with Crippen molar-refractivity contribution in [2.75, 3.05) is 5.75 Å². The predicted molar refractivity (Wildman–Crippen MR) is 81.3 cm³/mol. The first-order chi connectivity index (χ1) is 10.4. The first kappa shape index (κ1) is 18.0. The standard InChI is InChI=1S/C14H18FN3O3S/c1-9(2)16-13(20)14(21)18-17-12(19)7-8-22-11-5-3-10(15)4-6-11/h3-6,9H,7-8H2,1-2H3,(H,16,20)(H,17,19)(H,18,21). The van der Waals surface area contributed by atoms with Gasteiger partial charge >= 0.3 is 11.8 Å². The molecule has 0 heterocycles. The molecule has 0 saturated heterocycles. The molecular weight excluding hydrogens is 309 g/mol. The van der Waals surface area contributed by atoms with E-state index in [-0.39, 0.29) is 18.3 Å². The molecule has 0 aliphatic carbocycles. The summed E-state index contributed by atoms with van der Waals surface area (Å²) in [6, 6.07) is 5.76. The highest BCUT2D eigenvalue weighted by molar-refractivity contribution is 7.99. The fourth-order valence-corrected chi connectivity index (χ4v) is 2.22. The molecule has 0 atom stereocenters. The van der Waals surface area contributed by atoms with Crippen molar-refractivity contribution in [1.29, 1.82) is 0 Å². The zero-order valence-corrected chi connectivity index (χ0v) is 13.1. The maximum absolute atomic E-state index is 12.7. The fraction of sp³-hybridized carbons (Fsp3) is 0.357. The molecule has 0 bridgehead atoms. The monoisotopic (exact) mass is 327 g/mol. The minimum absolute atomic E-state index is 0.147. The van der Waals surface area contributed by atoms with Gasteiger partial charge in [0.15, 0.2) is 0 Å². The largest absolute Gasteiger partial charge is 0.346 e. The molecule has 0 unspecified atom stereocenters. The Morgan fingerprint density at radius 3 is 2.32 bits per heavy atom. The Hall–Kier alpha value is -2.09. The molecule has 0 aromatic heterocycles. The molecule has 0 aliphatic heterocycles. The number of nitrogens with one attached hydrogen (secondary N) is 3. The van der Waals surface area contributed by atoms with Gasteiger partial charge in [0.25, 0.3) is 0 Å². The van der Waals surface area contributed by atoms with Gasteiger partial charge in [0, 0.05) is 23.1 Å². The third-order valence-corrected chi connectivity index (χ3v) is 3.37.